The predicted molar refractivity (Wildman–Crippen MR) is 62.6 cm³/mol. The van der Waals surface area contributed by atoms with Crippen molar-refractivity contribution in [2.45, 2.75) is 39.7 Å². The van der Waals surface area contributed by atoms with E-state index in [4.69, 9.17) is 0 Å². The second-order valence-electron chi connectivity index (χ2n) is 3.97. The van der Waals surface area contributed by atoms with Crippen LogP contribution in [0, 0.1) is 13.8 Å². The maximum absolute atomic E-state index is 3.37. The molecule has 0 saturated carbocycles. The van der Waals surface area contributed by atoms with Crippen molar-refractivity contribution in [2.75, 3.05) is 7.05 Å². The molecule has 1 nitrogen and oxygen atoms in total. The summed E-state index contributed by atoms with van der Waals surface area (Å²) in [5, 5.41) is 3.37. The molecule has 0 fully saturated rings. The van der Waals surface area contributed by atoms with Gasteiger partial charge in [0, 0.05) is 6.04 Å². The second-order valence-corrected chi connectivity index (χ2v) is 3.97. The van der Waals surface area contributed by atoms with Crippen LogP contribution in [0.15, 0.2) is 18.2 Å². The summed E-state index contributed by atoms with van der Waals surface area (Å²) in [5.74, 6) is 0. The predicted octanol–water partition coefficient (Wildman–Crippen LogP) is 3.36. The van der Waals surface area contributed by atoms with E-state index in [1.807, 2.05) is 7.05 Å². The van der Waals surface area contributed by atoms with E-state index < -0.39 is 0 Å². The molecule has 1 rings (SSSR count). The van der Waals surface area contributed by atoms with Crippen molar-refractivity contribution in [3.63, 3.8) is 0 Å². The minimum absolute atomic E-state index is 0.513. The highest BCUT2D eigenvalue weighted by atomic mass is 14.9. The van der Waals surface area contributed by atoms with E-state index in [1.165, 1.54) is 29.5 Å². The van der Waals surface area contributed by atoms with E-state index in [0.717, 1.165) is 0 Å². The highest BCUT2D eigenvalue weighted by Crippen LogP contribution is 2.20. The molecule has 1 heteroatoms. The number of rotatable bonds is 4. The first-order valence-corrected chi connectivity index (χ1v) is 5.43. The third-order valence-corrected chi connectivity index (χ3v) is 2.86. The molecule has 0 aliphatic carbocycles. The van der Waals surface area contributed by atoms with Gasteiger partial charge in [-0.3, -0.25) is 0 Å². The summed E-state index contributed by atoms with van der Waals surface area (Å²) in [6, 6.07) is 7.26. The molecule has 78 valence electrons. The summed E-state index contributed by atoms with van der Waals surface area (Å²) in [6.45, 7) is 6.57. The van der Waals surface area contributed by atoms with Crippen molar-refractivity contribution in [1.82, 2.24) is 5.32 Å². The molecule has 14 heavy (non-hydrogen) atoms. The molecule has 0 spiro atoms. The van der Waals surface area contributed by atoms with Gasteiger partial charge in [0.1, 0.15) is 0 Å². The van der Waals surface area contributed by atoms with Crippen molar-refractivity contribution in [2.24, 2.45) is 0 Å². The van der Waals surface area contributed by atoms with Crippen molar-refractivity contribution in [1.29, 1.82) is 0 Å². The first kappa shape index (κ1) is 11.3. The topological polar surface area (TPSA) is 12.0 Å². The highest BCUT2D eigenvalue weighted by Gasteiger charge is 2.07. The molecule has 0 amide bonds. The van der Waals surface area contributed by atoms with Gasteiger partial charge in [-0.1, -0.05) is 31.5 Å². The maximum atomic E-state index is 3.37. The van der Waals surface area contributed by atoms with Crippen LogP contribution in [-0.4, -0.2) is 7.05 Å². The zero-order valence-corrected chi connectivity index (χ0v) is 9.72. The van der Waals surface area contributed by atoms with E-state index in [9.17, 15) is 0 Å². The van der Waals surface area contributed by atoms with Gasteiger partial charge in [0.2, 0.25) is 0 Å². The fraction of sp³-hybridized carbons (Fsp3) is 0.538. The lowest BCUT2D eigenvalue weighted by molar-refractivity contribution is 0.541. The van der Waals surface area contributed by atoms with Crippen LogP contribution < -0.4 is 5.32 Å². The molecule has 0 saturated heterocycles. The second kappa shape index (κ2) is 5.16. The van der Waals surface area contributed by atoms with Crippen LogP contribution in [0.4, 0.5) is 0 Å². The number of nitrogens with one attached hydrogen (secondary N) is 1. The third kappa shape index (κ3) is 2.58. The first-order valence-electron chi connectivity index (χ1n) is 5.43. The van der Waals surface area contributed by atoms with E-state index >= 15 is 0 Å². The molecule has 0 aliphatic rings. The quantitative estimate of drug-likeness (QED) is 0.769. The molecular weight excluding hydrogens is 170 g/mol. The zero-order valence-electron chi connectivity index (χ0n) is 9.72. The van der Waals surface area contributed by atoms with Crippen molar-refractivity contribution in [3.05, 3.63) is 34.9 Å². The minimum atomic E-state index is 0.513. The maximum Gasteiger partial charge on any atom is 0.0317 e. The van der Waals surface area contributed by atoms with Gasteiger partial charge in [-0.25, -0.2) is 0 Å². The van der Waals surface area contributed by atoms with Gasteiger partial charge in [0.15, 0.2) is 0 Å². The molecular formula is C13H21N. The molecule has 0 aliphatic heterocycles. The summed E-state index contributed by atoms with van der Waals surface area (Å²) in [5.41, 5.74) is 4.18. The number of aryl methyl sites for hydroxylation is 2. The van der Waals surface area contributed by atoms with Crippen LogP contribution in [0.25, 0.3) is 0 Å². The highest BCUT2D eigenvalue weighted by molar-refractivity contribution is 5.31. The number of hydrogen-bond donors (Lipinski definition) is 1. The van der Waals surface area contributed by atoms with E-state index in [1.54, 1.807) is 0 Å². The van der Waals surface area contributed by atoms with Crippen molar-refractivity contribution < 1.29 is 0 Å². The van der Waals surface area contributed by atoms with Gasteiger partial charge in [0.25, 0.3) is 0 Å². The molecule has 0 bridgehead atoms. The van der Waals surface area contributed by atoms with E-state index in [-0.39, 0.29) is 0 Å². The minimum Gasteiger partial charge on any atom is -0.313 e. The number of hydrogen-bond acceptors (Lipinski definition) is 1. The molecule has 0 aromatic heterocycles. The lowest BCUT2D eigenvalue weighted by Crippen LogP contribution is -2.16. The Labute approximate surface area is 87.5 Å². The lowest BCUT2D eigenvalue weighted by atomic mass is 9.98. The summed E-state index contributed by atoms with van der Waals surface area (Å²) >= 11 is 0. The Morgan fingerprint density at radius 1 is 1.21 bits per heavy atom. The fourth-order valence-corrected chi connectivity index (χ4v) is 1.75. The Balaban J connectivity index is 2.88. The van der Waals surface area contributed by atoms with Crippen LogP contribution in [0.2, 0.25) is 0 Å². The van der Waals surface area contributed by atoms with Crippen molar-refractivity contribution >= 4 is 0 Å². The molecule has 0 radical (unpaired) electrons. The molecule has 1 aromatic carbocycles. The standard InChI is InChI=1S/C13H21N/c1-5-6-13(14-4)12-8-7-10(2)11(3)9-12/h7-9,13-14H,5-6H2,1-4H3. The van der Waals surface area contributed by atoms with E-state index in [2.05, 4.69) is 44.3 Å². The first-order chi connectivity index (χ1) is 6.69. The van der Waals surface area contributed by atoms with Crippen LogP contribution in [-0.2, 0) is 0 Å². The van der Waals surface area contributed by atoms with E-state index in [0.29, 0.717) is 6.04 Å². The summed E-state index contributed by atoms with van der Waals surface area (Å²) < 4.78 is 0. The Hall–Kier alpha value is -0.820. The molecule has 1 unspecified atom stereocenters. The summed E-state index contributed by atoms with van der Waals surface area (Å²) in [7, 11) is 2.04. The SMILES string of the molecule is CCCC(NC)c1ccc(C)c(C)c1. The van der Waals surface area contributed by atoms with Crippen LogP contribution >= 0.6 is 0 Å². The van der Waals surface area contributed by atoms with Crippen LogP contribution in [0.1, 0.15) is 42.5 Å². The molecule has 0 heterocycles. The Kier molecular flexibility index (Phi) is 4.15. The lowest BCUT2D eigenvalue weighted by Gasteiger charge is -2.16. The molecule has 1 atom stereocenters. The monoisotopic (exact) mass is 191 g/mol. The van der Waals surface area contributed by atoms with Gasteiger partial charge >= 0.3 is 0 Å². The Morgan fingerprint density at radius 2 is 1.93 bits per heavy atom. The normalized spacial score (nSPS) is 12.9. The molecule has 1 N–H and O–H groups in total. The Bertz CT molecular complexity index is 291. The number of benzene rings is 1. The summed E-state index contributed by atoms with van der Waals surface area (Å²) in [6.07, 6.45) is 2.43. The van der Waals surface area contributed by atoms with Gasteiger partial charge in [-0.15, -0.1) is 0 Å². The fourth-order valence-electron chi connectivity index (χ4n) is 1.75. The van der Waals surface area contributed by atoms with Gasteiger partial charge < -0.3 is 5.32 Å². The Morgan fingerprint density at radius 3 is 2.43 bits per heavy atom. The van der Waals surface area contributed by atoms with Crippen LogP contribution in [0.3, 0.4) is 0 Å². The zero-order chi connectivity index (χ0) is 10.6. The molecule has 1 aromatic rings. The largest absolute Gasteiger partial charge is 0.313 e. The third-order valence-electron chi connectivity index (χ3n) is 2.86. The average Bonchev–Trinajstić information content (AvgIpc) is 2.19. The van der Waals surface area contributed by atoms with Gasteiger partial charge in [-0.05, 0) is 44.0 Å². The van der Waals surface area contributed by atoms with Gasteiger partial charge in [-0.2, -0.15) is 0 Å². The van der Waals surface area contributed by atoms with Gasteiger partial charge in [0.05, 0.1) is 0 Å². The summed E-state index contributed by atoms with van der Waals surface area (Å²) in [4.78, 5) is 0. The average molecular weight is 191 g/mol. The van der Waals surface area contributed by atoms with Crippen molar-refractivity contribution in [3.8, 4) is 0 Å². The smallest absolute Gasteiger partial charge is 0.0317 e. The van der Waals surface area contributed by atoms with Crippen LogP contribution in [0.5, 0.6) is 0 Å².